The molecule has 0 aliphatic carbocycles. The molecule has 0 atom stereocenters. The van der Waals surface area contributed by atoms with Crippen molar-refractivity contribution in [1.29, 1.82) is 0 Å². The summed E-state index contributed by atoms with van der Waals surface area (Å²) in [6.45, 7) is 3.38. The molecule has 29 heavy (non-hydrogen) atoms. The van der Waals surface area contributed by atoms with Crippen LogP contribution in [0.3, 0.4) is 0 Å². The number of carbonyl (C=O) groups excluding carboxylic acids is 2. The number of carbonyl (C=O) groups is 2. The highest BCUT2D eigenvalue weighted by molar-refractivity contribution is 6.01. The van der Waals surface area contributed by atoms with E-state index in [2.05, 4.69) is 0 Å². The summed E-state index contributed by atoms with van der Waals surface area (Å²) in [5, 5.41) is 0. The summed E-state index contributed by atoms with van der Waals surface area (Å²) in [5.74, 6) is -1.30. The lowest BCUT2D eigenvalue weighted by Crippen LogP contribution is -2.37. The van der Waals surface area contributed by atoms with Gasteiger partial charge in [-0.3, -0.25) is 9.59 Å². The largest absolute Gasteiger partial charge is 0.460 e. The predicted molar refractivity (Wildman–Crippen MR) is 116 cm³/mol. The Labute approximate surface area is 172 Å². The third-order valence-electron chi connectivity index (χ3n) is 4.19. The molecule has 0 spiro atoms. The zero-order valence-corrected chi connectivity index (χ0v) is 16.8. The number of esters is 2. The van der Waals surface area contributed by atoms with Gasteiger partial charge < -0.3 is 9.47 Å². The summed E-state index contributed by atoms with van der Waals surface area (Å²) in [5.41, 5.74) is 0.518. The fourth-order valence-electron chi connectivity index (χ4n) is 2.60. The molecule has 0 amide bonds. The van der Waals surface area contributed by atoms with Crippen molar-refractivity contribution in [3.63, 3.8) is 0 Å². The van der Waals surface area contributed by atoms with Gasteiger partial charge in [0.05, 0.1) is 0 Å². The summed E-state index contributed by atoms with van der Waals surface area (Å²) >= 11 is 0. The summed E-state index contributed by atoms with van der Waals surface area (Å²) in [4.78, 5) is 25.1. The lowest BCUT2D eigenvalue weighted by atomic mass is 9.90. The number of rotatable bonds is 9. The van der Waals surface area contributed by atoms with E-state index in [0.29, 0.717) is 0 Å². The quantitative estimate of drug-likeness (QED) is 0.340. The van der Waals surface area contributed by atoms with E-state index in [1.807, 2.05) is 72.8 Å². The van der Waals surface area contributed by atoms with Gasteiger partial charge in [0.15, 0.2) is 5.41 Å². The van der Waals surface area contributed by atoms with E-state index < -0.39 is 17.4 Å². The third-order valence-corrected chi connectivity index (χ3v) is 4.19. The highest BCUT2D eigenvalue weighted by Gasteiger charge is 2.41. The Kier molecular flexibility index (Phi) is 8.64. The highest BCUT2D eigenvalue weighted by atomic mass is 16.6. The van der Waals surface area contributed by atoms with Gasteiger partial charge in [-0.2, -0.15) is 0 Å². The first-order valence-corrected chi connectivity index (χ1v) is 9.48. The molecule has 2 aromatic rings. The molecule has 4 heteroatoms. The number of benzene rings is 2. The van der Waals surface area contributed by atoms with Gasteiger partial charge in [0, 0.05) is 0 Å². The lowest BCUT2D eigenvalue weighted by Gasteiger charge is -2.21. The molecule has 150 valence electrons. The van der Waals surface area contributed by atoms with Crippen molar-refractivity contribution >= 4 is 24.1 Å². The molecular weight excluding hydrogens is 364 g/mol. The first-order chi connectivity index (χ1) is 14.1. The SMILES string of the molecule is CC=CC(C)(C(=O)OCC=Cc1ccccc1)C(=O)OCC=Cc1ccccc1. The Balaban J connectivity index is 1.90. The number of hydrogen-bond donors (Lipinski definition) is 0. The summed E-state index contributed by atoms with van der Waals surface area (Å²) in [6, 6.07) is 19.4. The van der Waals surface area contributed by atoms with E-state index >= 15 is 0 Å². The average Bonchev–Trinajstić information content (AvgIpc) is 2.75. The molecule has 0 aromatic heterocycles. The standard InChI is InChI=1S/C25H26O4/c1-3-18-25(2,23(26)28-19-10-16-21-12-6-4-7-13-21)24(27)29-20-11-17-22-14-8-5-9-15-22/h3-18H,19-20H2,1-2H3. The highest BCUT2D eigenvalue weighted by Crippen LogP contribution is 2.23. The molecule has 2 rings (SSSR count). The van der Waals surface area contributed by atoms with Gasteiger partial charge in [-0.05, 0) is 37.1 Å². The molecule has 0 radical (unpaired) electrons. The molecular formula is C25H26O4. The Hall–Kier alpha value is -3.40. The van der Waals surface area contributed by atoms with Crippen LogP contribution in [0.25, 0.3) is 12.2 Å². The predicted octanol–water partition coefficient (Wildman–Crippen LogP) is 5.08. The Morgan fingerprint density at radius 3 is 1.59 bits per heavy atom. The Morgan fingerprint density at radius 1 is 0.793 bits per heavy atom. The Morgan fingerprint density at radius 2 is 1.21 bits per heavy atom. The van der Waals surface area contributed by atoms with Crippen molar-refractivity contribution < 1.29 is 19.1 Å². The first kappa shape index (κ1) is 21.9. The second-order valence-electron chi connectivity index (χ2n) is 6.53. The Bertz CT molecular complexity index is 799. The number of hydrogen-bond acceptors (Lipinski definition) is 4. The van der Waals surface area contributed by atoms with Crippen LogP contribution in [0.2, 0.25) is 0 Å². The molecule has 0 aliphatic rings. The molecule has 0 saturated heterocycles. The maximum Gasteiger partial charge on any atom is 0.327 e. The maximum absolute atomic E-state index is 12.5. The normalized spacial score (nSPS) is 13.6. The van der Waals surface area contributed by atoms with Gasteiger partial charge >= 0.3 is 11.9 Å². The first-order valence-electron chi connectivity index (χ1n) is 9.48. The van der Waals surface area contributed by atoms with Crippen LogP contribution in [0.15, 0.2) is 85.0 Å². The second-order valence-corrected chi connectivity index (χ2v) is 6.53. The monoisotopic (exact) mass is 390 g/mol. The smallest absolute Gasteiger partial charge is 0.327 e. The van der Waals surface area contributed by atoms with Crippen molar-refractivity contribution in [3.8, 4) is 0 Å². The van der Waals surface area contributed by atoms with Crippen molar-refractivity contribution in [3.05, 3.63) is 96.1 Å². The molecule has 0 unspecified atom stereocenters. The van der Waals surface area contributed by atoms with E-state index in [0.717, 1.165) is 11.1 Å². The average molecular weight is 390 g/mol. The third kappa shape index (κ3) is 6.92. The van der Waals surface area contributed by atoms with E-state index in [4.69, 9.17) is 9.47 Å². The van der Waals surface area contributed by atoms with E-state index in [-0.39, 0.29) is 13.2 Å². The van der Waals surface area contributed by atoms with Crippen molar-refractivity contribution in [1.82, 2.24) is 0 Å². The van der Waals surface area contributed by atoms with E-state index in [1.165, 1.54) is 13.0 Å². The van der Waals surface area contributed by atoms with Crippen molar-refractivity contribution in [2.75, 3.05) is 13.2 Å². The van der Waals surface area contributed by atoms with Gasteiger partial charge in [0.2, 0.25) is 0 Å². The summed E-state index contributed by atoms with van der Waals surface area (Å²) in [6.07, 6.45) is 10.3. The lowest BCUT2D eigenvalue weighted by molar-refractivity contribution is -0.165. The fourth-order valence-corrected chi connectivity index (χ4v) is 2.60. The molecule has 2 aromatic carbocycles. The van der Waals surface area contributed by atoms with Crippen LogP contribution >= 0.6 is 0 Å². The second kappa shape index (κ2) is 11.4. The van der Waals surface area contributed by atoms with Crippen molar-refractivity contribution in [2.24, 2.45) is 5.41 Å². The molecule has 0 saturated carbocycles. The molecule has 0 bridgehead atoms. The molecule has 0 fully saturated rings. The van der Waals surface area contributed by atoms with Crippen LogP contribution in [0.4, 0.5) is 0 Å². The van der Waals surface area contributed by atoms with Crippen LogP contribution in [0.1, 0.15) is 25.0 Å². The van der Waals surface area contributed by atoms with E-state index in [9.17, 15) is 9.59 Å². The van der Waals surface area contributed by atoms with Crippen molar-refractivity contribution in [2.45, 2.75) is 13.8 Å². The maximum atomic E-state index is 12.5. The van der Waals surface area contributed by atoms with Crippen LogP contribution in [-0.2, 0) is 19.1 Å². The molecule has 0 aliphatic heterocycles. The molecule has 4 nitrogen and oxygen atoms in total. The number of allylic oxidation sites excluding steroid dienone is 1. The minimum atomic E-state index is -1.49. The summed E-state index contributed by atoms with van der Waals surface area (Å²) in [7, 11) is 0. The molecule has 0 heterocycles. The van der Waals surface area contributed by atoms with Gasteiger partial charge in [-0.15, -0.1) is 0 Å². The van der Waals surface area contributed by atoms with Crippen LogP contribution in [0, 0.1) is 5.41 Å². The van der Waals surface area contributed by atoms with Gasteiger partial charge in [-0.25, -0.2) is 0 Å². The van der Waals surface area contributed by atoms with Gasteiger partial charge in [0.25, 0.3) is 0 Å². The minimum Gasteiger partial charge on any atom is -0.460 e. The van der Waals surface area contributed by atoms with Crippen LogP contribution < -0.4 is 0 Å². The van der Waals surface area contributed by atoms with Gasteiger partial charge in [-0.1, -0.05) is 85.0 Å². The van der Waals surface area contributed by atoms with Crippen LogP contribution in [0.5, 0.6) is 0 Å². The zero-order chi connectivity index (χ0) is 21.0. The van der Waals surface area contributed by atoms with Crippen LogP contribution in [-0.4, -0.2) is 25.2 Å². The zero-order valence-electron chi connectivity index (χ0n) is 16.8. The van der Waals surface area contributed by atoms with E-state index in [1.54, 1.807) is 25.2 Å². The molecule has 0 N–H and O–H groups in total. The number of ether oxygens (including phenoxy) is 2. The van der Waals surface area contributed by atoms with Gasteiger partial charge in [0.1, 0.15) is 13.2 Å². The topological polar surface area (TPSA) is 52.6 Å². The minimum absolute atomic E-state index is 0.0715. The fraction of sp³-hybridized carbons (Fsp3) is 0.200. The summed E-state index contributed by atoms with van der Waals surface area (Å²) < 4.78 is 10.6.